The fraction of sp³-hybridized carbons (Fsp3) is 0.647. The van der Waals surface area contributed by atoms with E-state index in [1.165, 1.54) is 5.56 Å². The van der Waals surface area contributed by atoms with Crippen LogP contribution in [0.5, 0.6) is 0 Å². The van der Waals surface area contributed by atoms with E-state index in [-0.39, 0.29) is 12.1 Å². The molecule has 3 heteroatoms. The highest BCUT2D eigenvalue weighted by atomic mass is 35.5. The summed E-state index contributed by atoms with van der Waals surface area (Å²) in [6, 6.07) is 8.43. The van der Waals surface area contributed by atoms with Crippen LogP contribution in [0.3, 0.4) is 0 Å². The quantitative estimate of drug-likeness (QED) is 0.867. The number of ether oxygens (including phenoxy) is 1. The van der Waals surface area contributed by atoms with E-state index in [0.717, 1.165) is 18.0 Å². The second-order valence-corrected chi connectivity index (χ2v) is 6.34. The third-order valence-electron chi connectivity index (χ3n) is 4.56. The number of hydrogen-bond acceptors (Lipinski definition) is 2. The highest BCUT2D eigenvalue weighted by Gasteiger charge is 2.42. The summed E-state index contributed by atoms with van der Waals surface area (Å²) >= 11 is 6.43. The summed E-state index contributed by atoms with van der Waals surface area (Å²) in [5.74, 6) is 0.979. The van der Waals surface area contributed by atoms with Crippen LogP contribution in [-0.4, -0.2) is 18.8 Å². The van der Waals surface area contributed by atoms with E-state index in [1.54, 1.807) is 0 Å². The smallest absolute Gasteiger partial charge is 0.0600 e. The molecule has 20 heavy (non-hydrogen) atoms. The van der Waals surface area contributed by atoms with Gasteiger partial charge in [-0.2, -0.15) is 0 Å². The van der Waals surface area contributed by atoms with Crippen molar-refractivity contribution in [2.45, 2.75) is 52.4 Å². The predicted octanol–water partition coefficient (Wildman–Crippen LogP) is 4.44. The van der Waals surface area contributed by atoms with Gasteiger partial charge in [0, 0.05) is 17.0 Å². The van der Waals surface area contributed by atoms with Gasteiger partial charge in [0.2, 0.25) is 0 Å². The Morgan fingerprint density at radius 1 is 1.20 bits per heavy atom. The zero-order chi connectivity index (χ0) is 14.7. The molecule has 1 saturated heterocycles. The average Bonchev–Trinajstić information content (AvgIpc) is 2.67. The molecule has 2 nitrogen and oxygen atoms in total. The first kappa shape index (κ1) is 15.8. The second-order valence-electron chi connectivity index (χ2n) is 5.94. The van der Waals surface area contributed by atoms with Crippen LogP contribution < -0.4 is 5.32 Å². The van der Waals surface area contributed by atoms with Gasteiger partial charge < -0.3 is 10.1 Å². The largest absolute Gasteiger partial charge is 0.375 e. The van der Waals surface area contributed by atoms with Crippen molar-refractivity contribution in [1.29, 1.82) is 0 Å². The molecule has 0 saturated carbocycles. The maximum Gasteiger partial charge on any atom is 0.0600 e. The summed E-state index contributed by atoms with van der Waals surface area (Å²) in [5.41, 5.74) is 1.20. The zero-order valence-electron chi connectivity index (χ0n) is 12.9. The Balaban J connectivity index is 2.30. The maximum atomic E-state index is 6.43. The van der Waals surface area contributed by atoms with Gasteiger partial charge in [0.1, 0.15) is 0 Å². The first-order valence-corrected chi connectivity index (χ1v) is 8.07. The topological polar surface area (TPSA) is 21.3 Å². The minimum absolute atomic E-state index is 0.255. The summed E-state index contributed by atoms with van der Waals surface area (Å²) in [6.07, 6.45) is 1.68. The Morgan fingerprint density at radius 2 is 1.90 bits per heavy atom. The Bertz CT molecular complexity index is 437. The number of hydrogen-bond donors (Lipinski definition) is 1. The van der Waals surface area contributed by atoms with Crippen LogP contribution in [0.15, 0.2) is 24.3 Å². The van der Waals surface area contributed by atoms with Gasteiger partial charge in [-0.05, 0) is 44.4 Å². The Kier molecular flexibility index (Phi) is 5.48. The van der Waals surface area contributed by atoms with Crippen molar-refractivity contribution in [3.8, 4) is 0 Å². The molecule has 0 aliphatic carbocycles. The number of halogens is 1. The lowest BCUT2D eigenvalue weighted by atomic mass is 9.80. The molecule has 1 aromatic rings. The van der Waals surface area contributed by atoms with Gasteiger partial charge in [-0.15, -0.1) is 0 Å². The van der Waals surface area contributed by atoms with Crippen molar-refractivity contribution in [3.63, 3.8) is 0 Å². The Hall–Kier alpha value is -0.570. The molecule has 1 fully saturated rings. The van der Waals surface area contributed by atoms with E-state index in [4.69, 9.17) is 16.3 Å². The molecular weight excluding hydrogens is 270 g/mol. The van der Waals surface area contributed by atoms with Crippen molar-refractivity contribution < 1.29 is 4.74 Å². The molecular formula is C17H26ClNO. The van der Waals surface area contributed by atoms with Crippen molar-refractivity contribution in [2.24, 2.45) is 11.8 Å². The first-order chi connectivity index (χ1) is 9.56. The lowest BCUT2D eigenvalue weighted by Gasteiger charge is -2.31. The SMILES string of the molecule is CCCNC(c1ccccc1Cl)C1C(C)OC(C)C1C. The standard InChI is InChI=1S/C17H26ClNO/c1-5-10-19-17(14-8-6-7-9-15(14)18)16-11(2)12(3)20-13(16)4/h6-9,11-13,16-17,19H,5,10H2,1-4H3. The van der Waals surface area contributed by atoms with Gasteiger partial charge in [-0.3, -0.25) is 0 Å². The summed E-state index contributed by atoms with van der Waals surface area (Å²) < 4.78 is 6.03. The van der Waals surface area contributed by atoms with E-state index >= 15 is 0 Å². The minimum Gasteiger partial charge on any atom is -0.375 e. The van der Waals surface area contributed by atoms with Crippen LogP contribution in [0.2, 0.25) is 5.02 Å². The van der Waals surface area contributed by atoms with E-state index in [9.17, 15) is 0 Å². The first-order valence-electron chi connectivity index (χ1n) is 7.69. The third kappa shape index (κ3) is 3.19. The summed E-state index contributed by atoms with van der Waals surface area (Å²) in [6.45, 7) is 9.83. The molecule has 1 N–H and O–H groups in total. The third-order valence-corrected chi connectivity index (χ3v) is 4.90. The number of rotatable bonds is 5. The van der Waals surface area contributed by atoms with Crippen molar-refractivity contribution in [1.82, 2.24) is 5.32 Å². The molecule has 5 unspecified atom stereocenters. The van der Waals surface area contributed by atoms with Gasteiger partial charge in [-0.1, -0.05) is 43.6 Å². The molecule has 0 spiro atoms. The highest BCUT2D eigenvalue weighted by molar-refractivity contribution is 6.31. The van der Waals surface area contributed by atoms with E-state index in [1.807, 2.05) is 12.1 Å². The molecule has 1 aromatic carbocycles. The molecule has 0 radical (unpaired) electrons. The van der Waals surface area contributed by atoms with E-state index < -0.39 is 0 Å². The fourth-order valence-electron chi connectivity index (χ4n) is 3.35. The highest BCUT2D eigenvalue weighted by Crippen LogP contribution is 2.42. The number of benzene rings is 1. The Morgan fingerprint density at radius 3 is 2.45 bits per heavy atom. The number of nitrogens with one attached hydrogen (secondary N) is 1. The predicted molar refractivity (Wildman–Crippen MR) is 85.1 cm³/mol. The molecule has 0 aromatic heterocycles. The molecule has 112 valence electrons. The molecule has 1 aliphatic heterocycles. The fourth-order valence-corrected chi connectivity index (χ4v) is 3.60. The van der Waals surface area contributed by atoms with Crippen LogP contribution in [-0.2, 0) is 4.74 Å². The van der Waals surface area contributed by atoms with Crippen molar-refractivity contribution >= 4 is 11.6 Å². The monoisotopic (exact) mass is 295 g/mol. The second kappa shape index (κ2) is 6.93. The summed E-state index contributed by atoms with van der Waals surface area (Å²) in [5, 5.41) is 4.53. The molecule has 0 amide bonds. The van der Waals surface area contributed by atoms with E-state index in [0.29, 0.717) is 17.9 Å². The van der Waals surface area contributed by atoms with Crippen LogP contribution in [0.4, 0.5) is 0 Å². The van der Waals surface area contributed by atoms with Gasteiger partial charge in [0.25, 0.3) is 0 Å². The van der Waals surface area contributed by atoms with Gasteiger partial charge >= 0.3 is 0 Å². The molecule has 0 bridgehead atoms. The normalized spacial score (nSPS) is 31.4. The van der Waals surface area contributed by atoms with Crippen molar-refractivity contribution in [3.05, 3.63) is 34.9 Å². The van der Waals surface area contributed by atoms with Crippen LogP contribution in [0, 0.1) is 11.8 Å². The Labute approximate surface area is 127 Å². The summed E-state index contributed by atoms with van der Waals surface area (Å²) in [7, 11) is 0. The summed E-state index contributed by atoms with van der Waals surface area (Å²) in [4.78, 5) is 0. The van der Waals surface area contributed by atoms with Gasteiger partial charge in [0.05, 0.1) is 12.2 Å². The molecule has 1 aliphatic rings. The average molecular weight is 296 g/mol. The minimum atomic E-state index is 0.255. The van der Waals surface area contributed by atoms with Crippen LogP contribution in [0.1, 0.15) is 45.7 Å². The van der Waals surface area contributed by atoms with Crippen LogP contribution >= 0.6 is 11.6 Å². The molecule has 2 rings (SSSR count). The lowest BCUT2D eigenvalue weighted by molar-refractivity contribution is 0.0475. The zero-order valence-corrected chi connectivity index (χ0v) is 13.7. The maximum absolute atomic E-state index is 6.43. The van der Waals surface area contributed by atoms with Gasteiger partial charge in [0.15, 0.2) is 0 Å². The lowest BCUT2D eigenvalue weighted by Crippen LogP contribution is -2.35. The molecule has 1 heterocycles. The van der Waals surface area contributed by atoms with Gasteiger partial charge in [-0.25, -0.2) is 0 Å². The van der Waals surface area contributed by atoms with Crippen molar-refractivity contribution in [2.75, 3.05) is 6.54 Å². The molecule has 5 atom stereocenters. The van der Waals surface area contributed by atoms with Crippen LogP contribution in [0.25, 0.3) is 0 Å². The van der Waals surface area contributed by atoms with E-state index in [2.05, 4.69) is 45.1 Å².